The Hall–Kier alpha value is -2.51. The van der Waals surface area contributed by atoms with E-state index in [2.05, 4.69) is 9.97 Å². The smallest absolute Gasteiger partial charge is 0.243 e. The minimum atomic E-state index is -3.49. The molecule has 0 amide bonds. The summed E-state index contributed by atoms with van der Waals surface area (Å²) in [6.07, 6.45) is 3.24. The third-order valence-electron chi connectivity index (χ3n) is 5.13. The molecule has 1 aliphatic rings. The van der Waals surface area contributed by atoms with Gasteiger partial charge in [-0.25, -0.2) is 18.4 Å². The van der Waals surface area contributed by atoms with Gasteiger partial charge in [-0.15, -0.1) is 0 Å². The molecule has 2 aromatic heterocycles. The zero-order chi connectivity index (χ0) is 19.6. The van der Waals surface area contributed by atoms with Crippen molar-refractivity contribution in [2.75, 3.05) is 19.7 Å². The molecule has 1 aliphatic heterocycles. The van der Waals surface area contributed by atoms with Crippen LogP contribution in [0.3, 0.4) is 0 Å². The van der Waals surface area contributed by atoms with Crippen LogP contribution in [0.15, 0.2) is 59.6 Å². The van der Waals surface area contributed by atoms with Crippen molar-refractivity contribution in [2.45, 2.75) is 30.6 Å². The molecule has 1 aromatic carbocycles. The molecule has 0 spiro atoms. The normalized spacial score (nSPS) is 16.3. The van der Waals surface area contributed by atoms with Gasteiger partial charge in [0.15, 0.2) is 5.65 Å². The van der Waals surface area contributed by atoms with E-state index in [4.69, 9.17) is 4.74 Å². The quantitative estimate of drug-likeness (QED) is 0.658. The lowest BCUT2D eigenvalue weighted by Gasteiger charge is -2.31. The van der Waals surface area contributed by atoms with Crippen molar-refractivity contribution in [1.82, 2.24) is 14.3 Å². The van der Waals surface area contributed by atoms with Crippen LogP contribution < -0.4 is 4.74 Å². The lowest BCUT2D eigenvalue weighted by molar-refractivity contribution is 0.317. The minimum Gasteiger partial charge on any atom is -0.494 e. The molecule has 0 aliphatic carbocycles. The average Bonchev–Trinajstić information content (AvgIpc) is 2.74. The molecule has 0 bridgehead atoms. The van der Waals surface area contributed by atoms with E-state index in [0.29, 0.717) is 30.3 Å². The topological polar surface area (TPSA) is 72.4 Å². The largest absolute Gasteiger partial charge is 0.494 e. The number of ether oxygens (including phenoxy) is 1. The zero-order valence-corrected chi connectivity index (χ0v) is 16.6. The van der Waals surface area contributed by atoms with Crippen LogP contribution in [0.25, 0.3) is 11.0 Å². The Morgan fingerprint density at radius 2 is 1.82 bits per heavy atom. The molecular weight excluding hydrogens is 374 g/mol. The Morgan fingerprint density at radius 3 is 2.54 bits per heavy atom. The highest BCUT2D eigenvalue weighted by Gasteiger charge is 2.30. The van der Waals surface area contributed by atoms with Crippen LogP contribution in [0.4, 0.5) is 0 Å². The van der Waals surface area contributed by atoms with Gasteiger partial charge in [-0.05, 0) is 68.3 Å². The first-order valence-corrected chi connectivity index (χ1v) is 11.0. The van der Waals surface area contributed by atoms with Gasteiger partial charge in [0.1, 0.15) is 5.75 Å². The summed E-state index contributed by atoms with van der Waals surface area (Å²) in [5, 5.41) is 1.02. The van der Waals surface area contributed by atoms with E-state index in [1.807, 2.05) is 31.2 Å². The van der Waals surface area contributed by atoms with Gasteiger partial charge < -0.3 is 4.74 Å². The first-order chi connectivity index (χ1) is 13.6. The molecular formula is C21H23N3O3S. The van der Waals surface area contributed by atoms with Crippen LogP contribution in [0.5, 0.6) is 5.75 Å². The summed E-state index contributed by atoms with van der Waals surface area (Å²) in [5.74, 6) is 0.925. The van der Waals surface area contributed by atoms with E-state index < -0.39 is 10.0 Å². The standard InChI is InChI=1S/C21H23N3O3S/c1-2-27-18-6-8-19(9-7-18)28(25,26)24-14-11-16(12-15-24)20-10-5-17-4-3-13-22-21(17)23-20/h3-10,13,16H,2,11-12,14-15H2,1H3. The Balaban J connectivity index is 1.46. The molecule has 6 nitrogen and oxygen atoms in total. The molecule has 3 aromatic rings. The molecule has 0 radical (unpaired) electrons. The third-order valence-corrected chi connectivity index (χ3v) is 7.04. The van der Waals surface area contributed by atoms with Crippen molar-refractivity contribution in [3.05, 3.63) is 60.4 Å². The number of hydrogen-bond acceptors (Lipinski definition) is 5. The van der Waals surface area contributed by atoms with Crippen molar-refractivity contribution in [1.29, 1.82) is 0 Å². The van der Waals surface area contributed by atoms with Gasteiger partial charge in [-0.1, -0.05) is 0 Å². The number of benzene rings is 1. The van der Waals surface area contributed by atoms with E-state index in [0.717, 1.165) is 29.6 Å². The van der Waals surface area contributed by atoms with Crippen molar-refractivity contribution >= 4 is 21.1 Å². The lowest BCUT2D eigenvalue weighted by Crippen LogP contribution is -2.38. The second kappa shape index (κ2) is 7.85. The summed E-state index contributed by atoms with van der Waals surface area (Å²) in [5.41, 5.74) is 1.73. The lowest BCUT2D eigenvalue weighted by atomic mass is 9.94. The molecule has 4 rings (SSSR count). The summed E-state index contributed by atoms with van der Waals surface area (Å²) >= 11 is 0. The number of nitrogens with zero attached hydrogens (tertiary/aromatic N) is 3. The van der Waals surface area contributed by atoms with E-state index in [1.54, 1.807) is 34.8 Å². The van der Waals surface area contributed by atoms with Crippen molar-refractivity contribution < 1.29 is 13.2 Å². The number of fused-ring (bicyclic) bond motifs is 1. The predicted octanol–water partition coefficient (Wildman–Crippen LogP) is 3.60. The van der Waals surface area contributed by atoms with Crippen molar-refractivity contribution in [3.63, 3.8) is 0 Å². The summed E-state index contributed by atoms with van der Waals surface area (Å²) in [6, 6.07) is 14.6. The van der Waals surface area contributed by atoms with Gasteiger partial charge in [0.05, 0.1) is 11.5 Å². The van der Waals surface area contributed by atoms with Crippen LogP contribution in [0.1, 0.15) is 31.4 Å². The second-order valence-electron chi connectivity index (χ2n) is 6.87. The molecule has 1 fully saturated rings. The number of piperidine rings is 1. The van der Waals surface area contributed by atoms with Gasteiger partial charge in [0.2, 0.25) is 10.0 Å². The second-order valence-corrected chi connectivity index (χ2v) is 8.81. The Morgan fingerprint density at radius 1 is 1.07 bits per heavy atom. The maximum atomic E-state index is 12.9. The number of hydrogen-bond donors (Lipinski definition) is 0. The highest BCUT2D eigenvalue weighted by Crippen LogP contribution is 2.31. The molecule has 0 saturated carbocycles. The van der Waals surface area contributed by atoms with Gasteiger partial charge in [0, 0.05) is 36.3 Å². The van der Waals surface area contributed by atoms with Crippen molar-refractivity contribution in [2.24, 2.45) is 0 Å². The highest BCUT2D eigenvalue weighted by molar-refractivity contribution is 7.89. The summed E-state index contributed by atoms with van der Waals surface area (Å²) in [7, 11) is -3.49. The Labute approximate surface area is 165 Å². The molecule has 7 heteroatoms. The fourth-order valence-corrected chi connectivity index (χ4v) is 5.08. The predicted molar refractivity (Wildman–Crippen MR) is 108 cm³/mol. The third kappa shape index (κ3) is 3.72. The van der Waals surface area contributed by atoms with Crippen molar-refractivity contribution in [3.8, 4) is 5.75 Å². The summed E-state index contributed by atoms with van der Waals surface area (Å²) in [4.78, 5) is 9.31. The highest BCUT2D eigenvalue weighted by atomic mass is 32.2. The SMILES string of the molecule is CCOc1ccc(S(=O)(=O)N2CCC(c3ccc4cccnc4n3)CC2)cc1. The zero-order valence-electron chi connectivity index (χ0n) is 15.8. The molecule has 0 N–H and O–H groups in total. The fourth-order valence-electron chi connectivity index (χ4n) is 3.61. The number of aromatic nitrogens is 2. The van der Waals surface area contributed by atoms with E-state index in [9.17, 15) is 8.42 Å². The van der Waals surface area contributed by atoms with Gasteiger partial charge in [-0.3, -0.25) is 0 Å². The first kappa shape index (κ1) is 18.8. The van der Waals surface area contributed by atoms with E-state index >= 15 is 0 Å². The first-order valence-electron chi connectivity index (χ1n) is 9.52. The van der Waals surface area contributed by atoms with Crippen LogP contribution >= 0.6 is 0 Å². The average molecular weight is 398 g/mol. The number of sulfonamides is 1. The monoisotopic (exact) mass is 397 g/mol. The van der Waals surface area contributed by atoms with Gasteiger partial charge >= 0.3 is 0 Å². The molecule has 1 saturated heterocycles. The van der Waals surface area contributed by atoms with E-state index in [-0.39, 0.29) is 5.92 Å². The Bertz CT molecular complexity index is 1060. The maximum absolute atomic E-state index is 12.9. The molecule has 146 valence electrons. The number of pyridine rings is 2. The Kier molecular flexibility index (Phi) is 5.28. The van der Waals surface area contributed by atoms with E-state index in [1.165, 1.54) is 0 Å². The summed E-state index contributed by atoms with van der Waals surface area (Å²) in [6.45, 7) is 3.43. The van der Waals surface area contributed by atoms with Crippen LogP contribution in [0, 0.1) is 0 Å². The minimum absolute atomic E-state index is 0.248. The number of rotatable bonds is 5. The van der Waals surface area contributed by atoms with Crippen LogP contribution in [0.2, 0.25) is 0 Å². The van der Waals surface area contributed by atoms with Gasteiger partial charge in [0.25, 0.3) is 0 Å². The maximum Gasteiger partial charge on any atom is 0.243 e. The van der Waals surface area contributed by atoms with Gasteiger partial charge in [-0.2, -0.15) is 4.31 Å². The molecule has 28 heavy (non-hydrogen) atoms. The summed E-state index contributed by atoms with van der Waals surface area (Å²) < 4.78 is 32.8. The van der Waals surface area contributed by atoms with Crippen LogP contribution in [-0.2, 0) is 10.0 Å². The van der Waals surface area contributed by atoms with Crippen LogP contribution in [-0.4, -0.2) is 42.4 Å². The molecule has 3 heterocycles. The molecule has 0 unspecified atom stereocenters. The molecule has 0 atom stereocenters. The fraction of sp³-hybridized carbons (Fsp3) is 0.333.